The van der Waals surface area contributed by atoms with Crippen molar-refractivity contribution in [1.29, 1.82) is 0 Å². The molecule has 27 heavy (non-hydrogen) atoms. The molecule has 0 aliphatic carbocycles. The number of carbonyl (C=O) groups is 2. The molecule has 1 aromatic carbocycles. The fourth-order valence-corrected chi connectivity index (χ4v) is 5.70. The molecule has 0 saturated carbocycles. The summed E-state index contributed by atoms with van der Waals surface area (Å²) in [6, 6.07) is 4.26. The molecule has 9 heteroatoms. The monoisotopic (exact) mass is 393 g/mol. The van der Waals surface area contributed by atoms with E-state index in [0.717, 1.165) is 30.0 Å². The number of rotatable bonds is 4. The summed E-state index contributed by atoms with van der Waals surface area (Å²) >= 11 is 0. The van der Waals surface area contributed by atoms with Crippen LogP contribution >= 0.6 is 0 Å². The van der Waals surface area contributed by atoms with Crippen molar-refractivity contribution in [2.75, 3.05) is 26.2 Å². The van der Waals surface area contributed by atoms with Crippen LogP contribution in [0.25, 0.3) is 0 Å². The van der Waals surface area contributed by atoms with Crippen LogP contribution in [0, 0.1) is 0 Å². The third-order valence-corrected chi connectivity index (χ3v) is 7.35. The normalized spacial score (nSPS) is 26.6. The molecule has 3 heterocycles. The summed E-state index contributed by atoms with van der Waals surface area (Å²) < 4.78 is 32.2. The fraction of sp³-hybridized carbons (Fsp3) is 0.556. The molecular weight excluding hydrogens is 370 g/mol. The first-order valence-corrected chi connectivity index (χ1v) is 10.7. The highest BCUT2D eigenvalue weighted by atomic mass is 32.2. The predicted molar refractivity (Wildman–Crippen MR) is 96.8 cm³/mol. The number of sulfonamides is 1. The van der Waals surface area contributed by atoms with Gasteiger partial charge in [-0.15, -0.1) is 0 Å². The van der Waals surface area contributed by atoms with Crippen molar-refractivity contribution in [3.05, 3.63) is 29.3 Å². The minimum atomic E-state index is -3.97. The summed E-state index contributed by atoms with van der Waals surface area (Å²) in [7, 11) is -3.97. The number of hydrogen-bond donors (Lipinski definition) is 1. The van der Waals surface area contributed by atoms with Crippen LogP contribution in [0.3, 0.4) is 0 Å². The van der Waals surface area contributed by atoms with Gasteiger partial charge in [-0.1, -0.05) is 0 Å². The zero-order valence-electron chi connectivity index (χ0n) is 15.0. The molecule has 2 unspecified atom stereocenters. The van der Waals surface area contributed by atoms with Crippen LogP contribution < -0.4 is 5.73 Å². The SMILES string of the molecule is NCC1CCCN1C(=O)c1ccc2c(c1)S(=O)(=O)N(CC1CCCO1)C2=O. The standard InChI is InChI=1S/C18H23N3O5S/c19-10-13-3-1-7-20(13)17(22)12-5-6-15-16(9-12)27(24,25)21(18(15)23)11-14-4-2-8-26-14/h5-6,9,13-14H,1-4,7-8,10-11,19H2. The quantitative estimate of drug-likeness (QED) is 0.801. The van der Waals surface area contributed by atoms with Gasteiger partial charge in [0.25, 0.3) is 21.8 Å². The Kier molecular flexibility index (Phi) is 4.69. The zero-order valence-corrected chi connectivity index (χ0v) is 15.8. The Morgan fingerprint density at radius 2 is 2.07 bits per heavy atom. The molecule has 2 amide bonds. The summed E-state index contributed by atoms with van der Waals surface area (Å²) in [5.74, 6) is -0.800. The van der Waals surface area contributed by atoms with E-state index in [9.17, 15) is 18.0 Å². The second-order valence-electron chi connectivity index (χ2n) is 7.22. The number of hydrogen-bond acceptors (Lipinski definition) is 6. The van der Waals surface area contributed by atoms with Gasteiger partial charge in [0.2, 0.25) is 0 Å². The maximum Gasteiger partial charge on any atom is 0.269 e. The van der Waals surface area contributed by atoms with E-state index in [1.54, 1.807) is 4.90 Å². The van der Waals surface area contributed by atoms with Crippen LogP contribution in [0.15, 0.2) is 23.1 Å². The molecule has 0 aromatic heterocycles. The number of fused-ring (bicyclic) bond motifs is 1. The van der Waals surface area contributed by atoms with Gasteiger partial charge < -0.3 is 15.4 Å². The number of nitrogens with zero attached hydrogens (tertiary/aromatic N) is 2. The average molecular weight is 393 g/mol. The van der Waals surface area contributed by atoms with Gasteiger partial charge in [0.05, 0.1) is 18.2 Å². The highest BCUT2D eigenvalue weighted by Gasteiger charge is 2.43. The maximum atomic E-state index is 12.9. The third-order valence-electron chi connectivity index (χ3n) is 5.56. The lowest BCUT2D eigenvalue weighted by Gasteiger charge is -2.23. The predicted octanol–water partition coefficient (Wildman–Crippen LogP) is 0.573. The number of likely N-dealkylation sites (tertiary alicyclic amines) is 1. The van der Waals surface area contributed by atoms with Crippen LogP contribution in [0.4, 0.5) is 0 Å². The van der Waals surface area contributed by atoms with Crippen LogP contribution in [-0.4, -0.2) is 67.8 Å². The number of nitrogens with two attached hydrogens (primary N) is 1. The molecule has 2 N–H and O–H groups in total. The van der Waals surface area contributed by atoms with Gasteiger partial charge in [-0.2, -0.15) is 0 Å². The lowest BCUT2D eigenvalue weighted by atomic mass is 10.1. The van der Waals surface area contributed by atoms with Crippen molar-refractivity contribution >= 4 is 21.8 Å². The number of ether oxygens (including phenoxy) is 1. The molecule has 4 rings (SSSR count). The van der Waals surface area contributed by atoms with E-state index < -0.39 is 15.9 Å². The van der Waals surface area contributed by atoms with Gasteiger partial charge in [-0.3, -0.25) is 9.59 Å². The van der Waals surface area contributed by atoms with E-state index in [1.807, 2.05) is 0 Å². The van der Waals surface area contributed by atoms with Crippen molar-refractivity contribution < 1.29 is 22.7 Å². The Labute approximate surface area is 158 Å². The van der Waals surface area contributed by atoms with Crippen molar-refractivity contribution in [2.45, 2.75) is 42.7 Å². The van der Waals surface area contributed by atoms with Crippen LogP contribution in [0.5, 0.6) is 0 Å². The summed E-state index contributed by atoms with van der Waals surface area (Å²) in [6.45, 7) is 1.58. The molecule has 0 radical (unpaired) electrons. The van der Waals surface area contributed by atoms with Crippen molar-refractivity contribution in [1.82, 2.24) is 9.21 Å². The van der Waals surface area contributed by atoms with Gasteiger partial charge in [0.15, 0.2) is 0 Å². The lowest BCUT2D eigenvalue weighted by molar-refractivity contribution is 0.0706. The molecule has 2 saturated heterocycles. The summed E-state index contributed by atoms with van der Waals surface area (Å²) in [5, 5.41) is 0. The highest BCUT2D eigenvalue weighted by molar-refractivity contribution is 7.90. The Morgan fingerprint density at radius 3 is 2.78 bits per heavy atom. The summed E-state index contributed by atoms with van der Waals surface area (Å²) in [6.07, 6.45) is 3.05. The van der Waals surface area contributed by atoms with Crippen LogP contribution in [0.2, 0.25) is 0 Å². The van der Waals surface area contributed by atoms with Gasteiger partial charge in [-0.05, 0) is 43.9 Å². The molecule has 1 aromatic rings. The molecule has 146 valence electrons. The highest BCUT2D eigenvalue weighted by Crippen LogP contribution is 2.33. The first-order chi connectivity index (χ1) is 12.9. The second kappa shape index (κ2) is 6.88. The number of amides is 2. The molecule has 3 aliphatic rings. The Hall–Kier alpha value is -1.97. The fourth-order valence-electron chi connectivity index (χ4n) is 4.08. The van der Waals surface area contributed by atoms with Crippen molar-refractivity contribution in [3.63, 3.8) is 0 Å². The smallest absolute Gasteiger partial charge is 0.269 e. The largest absolute Gasteiger partial charge is 0.376 e. The zero-order chi connectivity index (χ0) is 19.2. The molecule has 2 fully saturated rings. The van der Waals surface area contributed by atoms with E-state index in [-0.39, 0.29) is 40.6 Å². The van der Waals surface area contributed by atoms with Crippen LogP contribution in [0.1, 0.15) is 46.4 Å². The second-order valence-corrected chi connectivity index (χ2v) is 9.05. The summed E-state index contributed by atoms with van der Waals surface area (Å²) in [4.78, 5) is 27.0. The molecule has 3 aliphatic heterocycles. The van der Waals surface area contributed by atoms with Gasteiger partial charge in [0, 0.05) is 31.3 Å². The van der Waals surface area contributed by atoms with Gasteiger partial charge >= 0.3 is 0 Å². The lowest BCUT2D eigenvalue weighted by Crippen LogP contribution is -2.40. The molecule has 2 atom stereocenters. The average Bonchev–Trinajstić information content (AvgIpc) is 3.38. The van der Waals surface area contributed by atoms with E-state index in [2.05, 4.69) is 0 Å². The summed E-state index contributed by atoms with van der Waals surface area (Å²) in [5.41, 5.74) is 6.11. The third kappa shape index (κ3) is 3.03. The van der Waals surface area contributed by atoms with E-state index >= 15 is 0 Å². The van der Waals surface area contributed by atoms with Crippen LogP contribution in [-0.2, 0) is 14.8 Å². The van der Waals surface area contributed by atoms with Gasteiger partial charge in [-0.25, -0.2) is 12.7 Å². The maximum absolute atomic E-state index is 12.9. The van der Waals surface area contributed by atoms with Crippen molar-refractivity contribution in [3.8, 4) is 0 Å². The molecule has 0 spiro atoms. The Bertz CT molecular complexity index is 879. The Morgan fingerprint density at radius 1 is 1.26 bits per heavy atom. The minimum absolute atomic E-state index is 0.0144. The van der Waals surface area contributed by atoms with E-state index in [1.165, 1.54) is 18.2 Å². The molecular formula is C18H23N3O5S. The first-order valence-electron chi connectivity index (χ1n) is 9.27. The first kappa shape index (κ1) is 18.4. The Balaban J connectivity index is 1.63. The van der Waals surface area contributed by atoms with Gasteiger partial charge in [0.1, 0.15) is 4.90 Å². The topological polar surface area (TPSA) is 110 Å². The van der Waals surface area contributed by atoms with E-state index in [0.29, 0.717) is 19.7 Å². The van der Waals surface area contributed by atoms with Crippen molar-refractivity contribution in [2.24, 2.45) is 5.73 Å². The number of carbonyl (C=O) groups excluding carboxylic acids is 2. The van der Waals surface area contributed by atoms with E-state index in [4.69, 9.17) is 10.5 Å². The number of benzene rings is 1. The molecule has 8 nitrogen and oxygen atoms in total. The molecule has 0 bridgehead atoms. The minimum Gasteiger partial charge on any atom is -0.376 e.